The molecule has 16 heavy (non-hydrogen) atoms. The molecule has 5 heterocycles. The van der Waals surface area contributed by atoms with Crippen LogP contribution in [0.3, 0.4) is 0 Å². The Morgan fingerprint density at radius 3 is 1.88 bits per heavy atom. The number of hydrogen-bond acceptors (Lipinski definition) is 7. The van der Waals surface area contributed by atoms with E-state index in [0.717, 1.165) is 5.01 Å². The van der Waals surface area contributed by atoms with E-state index in [4.69, 9.17) is 18.9 Å². The summed E-state index contributed by atoms with van der Waals surface area (Å²) in [7, 11) is 1.77. The van der Waals surface area contributed by atoms with Crippen LogP contribution in [0.15, 0.2) is 0 Å². The van der Waals surface area contributed by atoms with Crippen molar-refractivity contribution in [3.8, 4) is 0 Å². The molecule has 6 unspecified atom stereocenters. The maximum absolute atomic E-state index is 11.0. The first-order valence-electron chi connectivity index (χ1n) is 4.93. The number of ether oxygens (including phenoxy) is 4. The highest BCUT2D eigenvalue weighted by atomic mass is 16.9. The smallest absolute Gasteiger partial charge is 0.233 e. The molecular weight excluding hydrogens is 222 g/mol. The van der Waals surface area contributed by atoms with Crippen molar-refractivity contribution < 1.29 is 24.0 Å². The number of rotatable bonds is 1. The van der Waals surface area contributed by atoms with Crippen LogP contribution < -0.4 is 0 Å². The SMILES string of the molecule is CN1C2OC3OC2N([N+](=O)[O-])C2OC3OC21. The van der Waals surface area contributed by atoms with Crippen LogP contribution in [-0.2, 0) is 18.9 Å². The van der Waals surface area contributed by atoms with Crippen LogP contribution in [0.5, 0.6) is 0 Å². The van der Waals surface area contributed by atoms with E-state index in [0.29, 0.717) is 0 Å². The van der Waals surface area contributed by atoms with Gasteiger partial charge in [-0.3, -0.25) is 0 Å². The predicted octanol–water partition coefficient (Wildman–Crippen LogP) is -1.51. The van der Waals surface area contributed by atoms with Gasteiger partial charge in [0.2, 0.25) is 25.0 Å². The molecule has 88 valence electrons. The zero-order valence-electron chi connectivity index (χ0n) is 8.26. The van der Waals surface area contributed by atoms with Gasteiger partial charge >= 0.3 is 0 Å². The molecule has 0 aromatic carbocycles. The van der Waals surface area contributed by atoms with Gasteiger partial charge < -0.3 is 18.9 Å². The molecule has 9 heteroatoms. The molecule has 0 spiro atoms. The summed E-state index contributed by atoms with van der Waals surface area (Å²) in [6.07, 6.45) is -3.80. The van der Waals surface area contributed by atoms with Gasteiger partial charge in [0.15, 0.2) is 17.5 Å². The lowest BCUT2D eigenvalue weighted by Crippen LogP contribution is -2.67. The summed E-state index contributed by atoms with van der Waals surface area (Å²) >= 11 is 0. The number of piperazine rings is 1. The molecule has 5 saturated heterocycles. The first kappa shape index (κ1) is 9.07. The minimum absolute atomic E-state index is 0.481. The Bertz CT molecular complexity index is 340. The Hall–Kier alpha value is -1.00. The Kier molecular flexibility index (Phi) is 1.49. The highest BCUT2D eigenvalue weighted by molar-refractivity contribution is 4.94. The van der Waals surface area contributed by atoms with Crippen molar-refractivity contribution >= 4 is 0 Å². The number of hydrogen-bond donors (Lipinski definition) is 0. The molecule has 5 rings (SSSR count). The van der Waals surface area contributed by atoms with Gasteiger partial charge in [-0.05, 0) is 7.05 Å². The van der Waals surface area contributed by atoms with Gasteiger partial charge in [0.25, 0.3) is 0 Å². The van der Waals surface area contributed by atoms with Crippen molar-refractivity contribution in [2.24, 2.45) is 0 Å². The normalized spacial score (nSPS) is 53.7. The summed E-state index contributed by atoms with van der Waals surface area (Å²) in [4.78, 5) is 12.8. The van der Waals surface area contributed by atoms with E-state index in [-0.39, 0.29) is 0 Å². The van der Waals surface area contributed by atoms with Crippen LogP contribution in [0, 0.1) is 10.1 Å². The van der Waals surface area contributed by atoms with Crippen LogP contribution in [0.1, 0.15) is 0 Å². The van der Waals surface area contributed by atoms with E-state index < -0.39 is 42.5 Å². The van der Waals surface area contributed by atoms with Gasteiger partial charge in [-0.2, -0.15) is 0 Å². The summed E-state index contributed by atoms with van der Waals surface area (Å²) in [5, 5.41) is 11.4. The number of nitrogens with zero attached hydrogens (tertiary/aromatic N) is 3. The average Bonchev–Trinajstić information content (AvgIpc) is 2.72. The summed E-state index contributed by atoms with van der Waals surface area (Å²) < 4.78 is 21.9. The monoisotopic (exact) mass is 231 g/mol. The highest BCUT2D eigenvalue weighted by Crippen LogP contribution is 2.44. The Morgan fingerprint density at radius 1 is 1.00 bits per heavy atom. The first-order valence-corrected chi connectivity index (χ1v) is 4.93. The largest absolute Gasteiger partial charge is 0.324 e. The molecule has 5 fully saturated rings. The molecular formula is C7H9N3O6. The van der Waals surface area contributed by atoms with Gasteiger partial charge in [-0.15, -0.1) is 0 Å². The molecule has 6 bridgehead atoms. The third kappa shape index (κ3) is 0.847. The van der Waals surface area contributed by atoms with Gasteiger partial charge in [-0.25, -0.2) is 15.0 Å². The quantitative estimate of drug-likeness (QED) is 0.397. The number of likely N-dealkylation sites (N-methyl/N-ethyl adjacent to an activating group) is 1. The lowest BCUT2D eigenvalue weighted by Gasteiger charge is -2.41. The lowest BCUT2D eigenvalue weighted by atomic mass is 10.2. The number of hydrazine groups is 1. The second-order valence-electron chi connectivity index (χ2n) is 4.13. The first-order chi connectivity index (χ1) is 7.66. The molecule has 9 nitrogen and oxygen atoms in total. The van der Waals surface area contributed by atoms with Gasteiger partial charge in [0.05, 0.1) is 0 Å². The lowest BCUT2D eigenvalue weighted by molar-refractivity contribution is -0.700. The van der Waals surface area contributed by atoms with Crippen LogP contribution >= 0.6 is 0 Å². The van der Waals surface area contributed by atoms with Crippen LogP contribution in [0.25, 0.3) is 0 Å². The van der Waals surface area contributed by atoms with E-state index in [1.807, 2.05) is 0 Å². The van der Waals surface area contributed by atoms with E-state index in [1.54, 1.807) is 11.9 Å². The van der Waals surface area contributed by atoms with Crippen molar-refractivity contribution in [2.75, 3.05) is 7.05 Å². The standard InChI is InChI=1S/C7H9N3O6/c1-8-2-4-9(10(11)12)5-3(8)14-7(16-5)6(13-2)15-4/h2-7H,1H3. The van der Waals surface area contributed by atoms with Crippen molar-refractivity contribution in [3.63, 3.8) is 0 Å². The van der Waals surface area contributed by atoms with E-state index in [1.165, 1.54) is 0 Å². The minimum atomic E-state index is -0.736. The summed E-state index contributed by atoms with van der Waals surface area (Å²) in [6, 6.07) is 0. The van der Waals surface area contributed by atoms with Crippen molar-refractivity contribution in [1.82, 2.24) is 9.91 Å². The summed E-state index contributed by atoms with van der Waals surface area (Å²) in [5.41, 5.74) is 0. The molecule has 0 radical (unpaired) electrons. The Morgan fingerprint density at radius 2 is 1.44 bits per heavy atom. The second-order valence-corrected chi connectivity index (χ2v) is 4.13. The summed E-state index contributed by atoms with van der Waals surface area (Å²) in [5.74, 6) is 0. The molecule has 6 atom stereocenters. The van der Waals surface area contributed by atoms with E-state index >= 15 is 0 Å². The molecule has 0 aromatic heterocycles. The number of nitro groups is 1. The van der Waals surface area contributed by atoms with Crippen molar-refractivity contribution in [3.05, 3.63) is 10.1 Å². The third-order valence-electron chi connectivity index (χ3n) is 3.32. The van der Waals surface area contributed by atoms with E-state index in [2.05, 4.69) is 0 Å². The van der Waals surface area contributed by atoms with Gasteiger partial charge in [0, 0.05) is 0 Å². The maximum Gasteiger partial charge on any atom is 0.233 e. The van der Waals surface area contributed by atoms with Crippen LogP contribution in [0.4, 0.5) is 0 Å². The fraction of sp³-hybridized carbons (Fsp3) is 1.00. The average molecular weight is 231 g/mol. The zero-order valence-corrected chi connectivity index (χ0v) is 8.26. The Balaban J connectivity index is 1.84. The topological polar surface area (TPSA) is 86.5 Å². The zero-order chi connectivity index (χ0) is 11.0. The van der Waals surface area contributed by atoms with Crippen molar-refractivity contribution in [1.29, 1.82) is 0 Å². The predicted molar refractivity (Wildman–Crippen MR) is 43.7 cm³/mol. The van der Waals surface area contributed by atoms with E-state index in [9.17, 15) is 10.1 Å². The molecule has 0 aromatic rings. The van der Waals surface area contributed by atoms with Gasteiger partial charge in [-0.1, -0.05) is 5.01 Å². The second kappa shape index (κ2) is 2.63. The fourth-order valence-corrected chi connectivity index (χ4v) is 2.60. The van der Waals surface area contributed by atoms with Gasteiger partial charge in [0.1, 0.15) is 0 Å². The summed E-state index contributed by atoms with van der Waals surface area (Å²) in [6.45, 7) is 0. The van der Waals surface area contributed by atoms with Crippen LogP contribution in [-0.4, -0.2) is 59.5 Å². The molecule has 0 amide bonds. The molecule has 5 aliphatic heterocycles. The molecule has 0 saturated carbocycles. The Labute approximate surface area is 89.5 Å². The molecule has 5 aliphatic rings. The fourth-order valence-electron chi connectivity index (χ4n) is 2.60. The van der Waals surface area contributed by atoms with Crippen LogP contribution in [0.2, 0.25) is 0 Å². The third-order valence-corrected chi connectivity index (χ3v) is 3.32. The molecule has 0 aliphatic carbocycles. The minimum Gasteiger partial charge on any atom is -0.324 e. The molecule has 0 N–H and O–H groups in total. The van der Waals surface area contributed by atoms with Crippen molar-refractivity contribution in [2.45, 2.75) is 37.5 Å². The highest BCUT2D eigenvalue weighted by Gasteiger charge is 2.68. The maximum atomic E-state index is 11.0.